The molecule has 114 valence electrons. The molecular formula is C15H25NO4. The summed E-state index contributed by atoms with van der Waals surface area (Å²) in [5.74, 6) is 1.56. The fraction of sp³-hybridized carbons (Fsp3) is 0.600. The summed E-state index contributed by atoms with van der Waals surface area (Å²) in [6.07, 6.45) is 0. The van der Waals surface area contributed by atoms with Gasteiger partial charge in [0.05, 0.1) is 33.0 Å². The summed E-state index contributed by atoms with van der Waals surface area (Å²) in [4.78, 5) is 0. The number of hydrogen-bond acceptors (Lipinski definition) is 5. The number of rotatable bonds is 11. The molecule has 1 aromatic rings. The van der Waals surface area contributed by atoms with E-state index in [0.29, 0.717) is 26.4 Å². The van der Waals surface area contributed by atoms with Crippen molar-refractivity contribution in [3.05, 3.63) is 23.8 Å². The molecule has 0 atom stereocenters. The highest BCUT2D eigenvalue weighted by molar-refractivity contribution is 5.43. The molecule has 0 aliphatic carbocycles. The molecule has 1 aromatic carbocycles. The molecule has 0 bridgehead atoms. The van der Waals surface area contributed by atoms with Crippen molar-refractivity contribution in [3.63, 3.8) is 0 Å². The Balaban J connectivity index is 2.43. The third kappa shape index (κ3) is 6.23. The van der Waals surface area contributed by atoms with Crippen molar-refractivity contribution < 1.29 is 19.3 Å². The van der Waals surface area contributed by atoms with Crippen LogP contribution < -0.4 is 14.8 Å². The molecule has 0 spiro atoms. The molecule has 0 amide bonds. The molecular weight excluding hydrogens is 258 g/mol. The van der Waals surface area contributed by atoms with Crippen LogP contribution in [-0.4, -0.2) is 44.7 Å². The van der Waals surface area contributed by atoms with Crippen molar-refractivity contribution in [1.29, 1.82) is 0 Å². The Kier molecular flexibility index (Phi) is 8.78. The minimum atomic E-state index is 0.0661. The Morgan fingerprint density at radius 2 is 1.80 bits per heavy atom. The third-order valence-corrected chi connectivity index (χ3v) is 2.60. The number of aliphatic hydroxyl groups excluding tert-OH is 1. The van der Waals surface area contributed by atoms with E-state index in [2.05, 4.69) is 5.32 Å². The van der Waals surface area contributed by atoms with Crippen molar-refractivity contribution in [2.24, 2.45) is 0 Å². The minimum Gasteiger partial charge on any atom is -0.490 e. The summed E-state index contributed by atoms with van der Waals surface area (Å²) in [7, 11) is 0. The maximum atomic E-state index is 8.58. The highest BCUT2D eigenvalue weighted by Gasteiger charge is 2.05. The molecule has 0 unspecified atom stereocenters. The second-order valence-electron chi connectivity index (χ2n) is 4.16. The average molecular weight is 283 g/mol. The Bertz CT molecular complexity index is 371. The van der Waals surface area contributed by atoms with Gasteiger partial charge in [-0.25, -0.2) is 0 Å². The van der Waals surface area contributed by atoms with Gasteiger partial charge in [-0.15, -0.1) is 0 Å². The van der Waals surface area contributed by atoms with Crippen molar-refractivity contribution >= 4 is 0 Å². The Morgan fingerprint density at radius 3 is 2.50 bits per heavy atom. The molecule has 0 saturated carbocycles. The van der Waals surface area contributed by atoms with Gasteiger partial charge in [0.25, 0.3) is 0 Å². The zero-order chi connectivity index (χ0) is 14.6. The summed E-state index contributed by atoms with van der Waals surface area (Å²) in [5, 5.41) is 11.9. The molecule has 20 heavy (non-hydrogen) atoms. The van der Waals surface area contributed by atoms with Crippen LogP contribution in [0.2, 0.25) is 0 Å². The zero-order valence-electron chi connectivity index (χ0n) is 12.4. The maximum Gasteiger partial charge on any atom is 0.161 e. The van der Waals surface area contributed by atoms with E-state index in [-0.39, 0.29) is 6.61 Å². The maximum absolute atomic E-state index is 8.58. The van der Waals surface area contributed by atoms with Gasteiger partial charge in [-0.1, -0.05) is 6.07 Å². The van der Waals surface area contributed by atoms with E-state index in [4.69, 9.17) is 19.3 Å². The summed E-state index contributed by atoms with van der Waals surface area (Å²) in [6, 6.07) is 5.96. The van der Waals surface area contributed by atoms with Crippen LogP contribution in [0.3, 0.4) is 0 Å². The predicted molar refractivity (Wildman–Crippen MR) is 78.4 cm³/mol. The topological polar surface area (TPSA) is 60.0 Å². The van der Waals surface area contributed by atoms with E-state index in [1.807, 2.05) is 32.0 Å². The van der Waals surface area contributed by atoms with Crippen molar-refractivity contribution in [2.75, 3.05) is 39.6 Å². The SMILES string of the molecule is CCOc1ccc(CNCCOCCO)cc1OCC. The van der Waals surface area contributed by atoms with Gasteiger partial charge in [0.2, 0.25) is 0 Å². The van der Waals surface area contributed by atoms with Crippen LogP contribution in [0.1, 0.15) is 19.4 Å². The van der Waals surface area contributed by atoms with Crippen molar-refractivity contribution in [2.45, 2.75) is 20.4 Å². The fourth-order valence-electron chi connectivity index (χ4n) is 1.75. The molecule has 0 saturated heterocycles. The number of benzene rings is 1. The van der Waals surface area contributed by atoms with E-state index in [0.717, 1.165) is 30.2 Å². The van der Waals surface area contributed by atoms with Gasteiger partial charge in [0.1, 0.15) is 0 Å². The minimum absolute atomic E-state index is 0.0661. The monoisotopic (exact) mass is 283 g/mol. The first kappa shape index (κ1) is 16.8. The van der Waals surface area contributed by atoms with Gasteiger partial charge in [-0.05, 0) is 31.5 Å². The smallest absolute Gasteiger partial charge is 0.161 e. The molecule has 5 nitrogen and oxygen atoms in total. The van der Waals surface area contributed by atoms with Crippen molar-refractivity contribution in [1.82, 2.24) is 5.32 Å². The Labute approximate surface area is 120 Å². The average Bonchev–Trinajstić information content (AvgIpc) is 2.46. The Morgan fingerprint density at radius 1 is 1.05 bits per heavy atom. The number of nitrogens with one attached hydrogen (secondary N) is 1. The normalized spacial score (nSPS) is 10.6. The van der Waals surface area contributed by atoms with Crippen LogP contribution in [0.15, 0.2) is 18.2 Å². The van der Waals surface area contributed by atoms with Crippen LogP contribution in [-0.2, 0) is 11.3 Å². The first-order chi connectivity index (χ1) is 9.81. The van der Waals surface area contributed by atoms with E-state index in [1.165, 1.54) is 0 Å². The van der Waals surface area contributed by atoms with E-state index in [9.17, 15) is 0 Å². The van der Waals surface area contributed by atoms with Gasteiger partial charge in [-0.2, -0.15) is 0 Å². The van der Waals surface area contributed by atoms with E-state index < -0.39 is 0 Å². The van der Waals surface area contributed by atoms with Crippen LogP contribution in [0.4, 0.5) is 0 Å². The third-order valence-electron chi connectivity index (χ3n) is 2.60. The summed E-state index contributed by atoms with van der Waals surface area (Å²) in [5.41, 5.74) is 1.14. The summed E-state index contributed by atoms with van der Waals surface area (Å²) >= 11 is 0. The second kappa shape index (κ2) is 10.5. The largest absolute Gasteiger partial charge is 0.490 e. The number of hydrogen-bond donors (Lipinski definition) is 2. The lowest BCUT2D eigenvalue weighted by molar-refractivity contribution is 0.0938. The van der Waals surface area contributed by atoms with Gasteiger partial charge >= 0.3 is 0 Å². The molecule has 0 heterocycles. The zero-order valence-corrected chi connectivity index (χ0v) is 12.4. The first-order valence-corrected chi connectivity index (χ1v) is 7.09. The van der Waals surface area contributed by atoms with Gasteiger partial charge in [0, 0.05) is 13.1 Å². The lowest BCUT2D eigenvalue weighted by atomic mass is 10.2. The molecule has 0 aliphatic heterocycles. The lowest BCUT2D eigenvalue weighted by Crippen LogP contribution is -2.20. The van der Waals surface area contributed by atoms with Crippen molar-refractivity contribution in [3.8, 4) is 11.5 Å². The van der Waals surface area contributed by atoms with Gasteiger partial charge in [-0.3, -0.25) is 0 Å². The van der Waals surface area contributed by atoms with Crippen LogP contribution in [0, 0.1) is 0 Å². The number of aliphatic hydroxyl groups is 1. The highest BCUT2D eigenvalue weighted by atomic mass is 16.5. The molecule has 2 N–H and O–H groups in total. The van der Waals surface area contributed by atoms with Crippen LogP contribution >= 0.6 is 0 Å². The molecule has 0 aromatic heterocycles. The second-order valence-corrected chi connectivity index (χ2v) is 4.16. The number of ether oxygens (including phenoxy) is 3. The predicted octanol–water partition coefficient (Wildman–Crippen LogP) is 1.58. The van der Waals surface area contributed by atoms with Gasteiger partial charge in [0.15, 0.2) is 11.5 Å². The summed E-state index contributed by atoms with van der Waals surface area (Å²) in [6.45, 7) is 7.69. The van der Waals surface area contributed by atoms with Crippen LogP contribution in [0.5, 0.6) is 11.5 Å². The lowest BCUT2D eigenvalue weighted by Gasteiger charge is -2.13. The quantitative estimate of drug-likeness (QED) is 0.604. The van der Waals surface area contributed by atoms with E-state index >= 15 is 0 Å². The van der Waals surface area contributed by atoms with Crippen LogP contribution in [0.25, 0.3) is 0 Å². The summed E-state index contributed by atoms with van der Waals surface area (Å²) < 4.78 is 16.3. The molecule has 0 fully saturated rings. The Hall–Kier alpha value is -1.30. The molecule has 0 aliphatic rings. The van der Waals surface area contributed by atoms with Gasteiger partial charge < -0.3 is 24.6 Å². The molecule has 1 rings (SSSR count). The fourth-order valence-corrected chi connectivity index (χ4v) is 1.75. The van der Waals surface area contributed by atoms with E-state index in [1.54, 1.807) is 0 Å². The first-order valence-electron chi connectivity index (χ1n) is 7.09. The highest BCUT2D eigenvalue weighted by Crippen LogP contribution is 2.28. The standard InChI is InChI=1S/C15H25NO4/c1-3-19-14-6-5-13(11-15(14)20-4-2)12-16-7-9-18-10-8-17/h5-6,11,16-17H,3-4,7-10,12H2,1-2H3. The molecule has 5 heteroatoms. The molecule has 0 radical (unpaired) electrons.